The molecule has 0 bridgehead atoms. The van der Waals surface area contributed by atoms with Crippen molar-refractivity contribution in [2.24, 2.45) is 0 Å². The van der Waals surface area contributed by atoms with Crippen LogP contribution < -0.4 is 0 Å². The van der Waals surface area contributed by atoms with Gasteiger partial charge in [-0.2, -0.15) is 0 Å². The molecule has 0 unspecified atom stereocenters. The SMILES string of the molecule is Cc1ccc2c(c1)-c1cc(-n3c4ccccc4c4ccccc43)ccc1C2. The predicted octanol–water partition coefficient (Wildman–Crippen LogP) is 6.66. The molecule has 0 N–H and O–H groups in total. The van der Waals surface area contributed by atoms with E-state index in [0.29, 0.717) is 0 Å². The second-order valence-corrected chi connectivity index (χ2v) is 7.55. The molecule has 0 radical (unpaired) electrons. The van der Waals surface area contributed by atoms with Gasteiger partial charge in [-0.05, 0) is 59.9 Å². The van der Waals surface area contributed by atoms with Gasteiger partial charge in [-0.3, -0.25) is 0 Å². The molecule has 1 aromatic heterocycles. The van der Waals surface area contributed by atoms with Crippen LogP contribution in [0.5, 0.6) is 0 Å². The van der Waals surface area contributed by atoms with Crippen LogP contribution in [-0.2, 0) is 6.42 Å². The molecule has 0 amide bonds. The van der Waals surface area contributed by atoms with Crippen LogP contribution in [0.15, 0.2) is 84.9 Å². The smallest absolute Gasteiger partial charge is 0.0541 e. The van der Waals surface area contributed by atoms with Crippen molar-refractivity contribution in [2.75, 3.05) is 0 Å². The summed E-state index contributed by atoms with van der Waals surface area (Å²) in [6.45, 7) is 2.18. The van der Waals surface area contributed by atoms with E-state index < -0.39 is 0 Å². The van der Waals surface area contributed by atoms with Crippen molar-refractivity contribution in [1.82, 2.24) is 4.57 Å². The van der Waals surface area contributed by atoms with Gasteiger partial charge >= 0.3 is 0 Å². The van der Waals surface area contributed by atoms with Crippen molar-refractivity contribution in [1.29, 1.82) is 0 Å². The quantitative estimate of drug-likeness (QED) is 0.314. The Labute approximate surface area is 158 Å². The molecule has 4 aromatic carbocycles. The van der Waals surface area contributed by atoms with Crippen molar-refractivity contribution in [3.63, 3.8) is 0 Å². The predicted molar refractivity (Wildman–Crippen MR) is 114 cm³/mol. The van der Waals surface area contributed by atoms with Gasteiger partial charge < -0.3 is 4.57 Å². The zero-order chi connectivity index (χ0) is 18.0. The molecular weight excluding hydrogens is 326 g/mol. The van der Waals surface area contributed by atoms with Crippen LogP contribution in [0.4, 0.5) is 0 Å². The molecule has 0 saturated heterocycles. The van der Waals surface area contributed by atoms with Crippen LogP contribution in [0.25, 0.3) is 38.6 Å². The summed E-state index contributed by atoms with van der Waals surface area (Å²) in [7, 11) is 0. The second-order valence-electron chi connectivity index (χ2n) is 7.55. The van der Waals surface area contributed by atoms with E-state index in [0.717, 1.165) is 6.42 Å². The number of rotatable bonds is 1. The van der Waals surface area contributed by atoms with Crippen molar-refractivity contribution in [3.8, 4) is 16.8 Å². The van der Waals surface area contributed by atoms with E-state index in [1.807, 2.05) is 0 Å². The van der Waals surface area contributed by atoms with Crippen molar-refractivity contribution < 1.29 is 0 Å². The fourth-order valence-corrected chi connectivity index (χ4v) is 4.61. The van der Waals surface area contributed by atoms with E-state index in [2.05, 4.69) is 96.4 Å². The van der Waals surface area contributed by atoms with E-state index in [9.17, 15) is 0 Å². The lowest BCUT2D eigenvalue weighted by atomic mass is 10.0. The fraction of sp³-hybridized carbons (Fsp3) is 0.0769. The number of aryl methyl sites for hydroxylation is 1. The molecule has 0 atom stereocenters. The number of para-hydroxylation sites is 2. The first-order valence-electron chi connectivity index (χ1n) is 9.51. The Morgan fingerprint density at radius 1 is 0.630 bits per heavy atom. The molecule has 1 heteroatoms. The Kier molecular flexibility index (Phi) is 2.93. The van der Waals surface area contributed by atoms with Gasteiger partial charge in [0.15, 0.2) is 0 Å². The average molecular weight is 345 g/mol. The molecule has 0 spiro atoms. The molecule has 1 aliphatic carbocycles. The average Bonchev–Trinajstić information content (AvgIpc) is 3.23. The highest BCUT2D eigenvalue weighted by atomic mass is 15.0. The summed E-state index contributed by atoms with van der Waals surface area (Å²) in [5, 5.41) is 2.62. The lowest BCUT2D eigenvalue weighted by molar-refractivity contribution is 1.17. The maximum absolute atomic E-state index is 2.40. The van der Waals surface area contributed by atoms with Crippen LogP contribution in [0, 0.1) is 6.92 Å². The molecule has 128 valence electrons. The first-order chi connectivity index (χ1) is 13.3. The van der Waals surface area contributed by atoms with Crippen molar-refractivity contribution in [2.45, 2.75) is 13.3 Å². The summed E-state index contributed by atoms with van der Waals surface area (Å²) in [4.78, 5) is 0. The molecule has 1 heterocycles. The number of fused-ring (bicyclic) bond motifs is 6. The van der Waals surface area contributed by atoms with Crippen molar-refractivity contribution in [3.05, 3.63) is 102 Å². The summed E-state index contributed by atoms with van der Waals surface area (Å²) in [6, 6.07) is 31.2. The minimum atomic E-state index is 1.04. The zero-order valence-corrected chi connectivity index (χ0v) is 15.2. The van der Waals surface area contributed by atoms with Gasteiger partial charge in [-0.15, -0.1) is 0 Å². The lowest BCUT2D eigenvalue weighted by Crippen LogP contribution is -1.94. The Morgan fingerprint density at radius 2 is 1.22 bits per heavy atom. The van der Waals surface area contributed by atoms with Gasteiger partial charge in [-0.1, -0.05) is 66.2 Å². The van der Waals surface area contributed by atoms with Gasteiger partial charge in [-0.25, -0.2) is 0 Å². The molecule has 0 fully saturated rings. The van der Waals surface area contributed by atoms with Gasteiger partial charge in [0.25, 0.3) is 0 Å². The summed E-state index contributed by atoms with van der Waals surface area (Å²) in [6.07, 6.45) is 1.04. The van der Waals surface area contributed by atoms with E-state index in [1.165, 1.54) is 55.3 Å². The molecule has 5 aromatic rings. The molecular formula is C26H19N. The minimum Gasteiger partial charge on any atom is -0.309 e. The highest BCUT2D eigenvalue weighted by Crippen LogP contribution is 2.40. The molecule has 6 rings (SSSR count). The third kappa shape index (κ3) is 2.06. The Morgan fingerprint density at radius 3 is 1.93 bits per heavy atom. The standard InChI is InChI=1S/C26H19N/c1-17-10-11-18-15-19-12-13-20(16-24(19)23(18)14-17)27-25-8-4-2-6-21(25)22-7-3-5-9-26(22)27/h2-14,16H,15H2,1H3. The van der Waals surface area contributed by atoms with Crippen LogP contribution >= 0.6 is 0 Å². The third-order valence-corrected chi connectivity index (χ3v) is 5.87. The second kappa shape index (κ2) is 5.34. The monoisotopic (exact) mass is 345 g/mol. The zero-order valence-electron chi connectivity index (χ0n) is 15.2. The highest BCUT2D eigenvalue weighted by molar-refractivity contribution is 6.09. The largest absolute Gasteiger partial charge is 0.309 e. The van der Waals surface area contributed by atoms with Gasteiger partial charge in [0.05, 0.1) is 11.0 Å². The first-order valence-corrected chi connectivity index (χ1v) is 9.51. The first kappa shape index (κ1) is 14.8. The lowest BCUT2D eigenvalue weighted by Gasteiger charge is -2.10. The summed E-state index contributed by atoms with van der Waals surface area (Å²) < 4.78 is 2.40. The van der Waals surface area contributed by atoms with E-state index in [1.54, 1.807) is 0 Å². The Balaban J connectivity index is 1.67. The summed E-state index contributed by atoms with van der Waals surface area (Å²) in [5.74, 6) is 0. The Bertz CT molecular complexity index is 1300. The van der Waals surface area contributed by atoms with Crippen LogP contribution in [-0.4, -0.2) is 4.57 Å². The number of benzene rings is 4. The molecule has 0 aliphatic heterocycles. The molecule has 1 aliphatic rings. The van der Waals surface area contributed by atoms with Crippen LogP contribution in [0.2, 0.25) is 0 Å². The maximum atomic E-state index is 2.40. The van der Waals surface area contributed by atoms with E-state index in [-0.39, 0.29) is 0 Å². The molecule has 27 heavy (non-hydrogen) atoms. The van der Waals surface area contributed by atoms with E-state index in [4.69, 9.17) is 0 Å². The highest BCUT2D eigenvalue weighted by Gasteiger charge is 2.20. The number of hydrogen-bond donors (Lipinski definition) is 0. The Hall–Kier alpha value is -3.32. The van der Waals surface area contributed by atoms with Gasteiger partial charge in [0, 0.05) is 16.5 Å². The fourth-order valence-electron chi connectivity index (χ4n) is 4.61. The van der Waals surface area contributed by atoms with E-state index >= 15 is 0 Å². The number of hydrogen-bond acceptors (Lipinski definition) is 0. The molecule has 0 saturated carbocycles. The normalized spacial score (nSPS) is 12.5. The van der Waals surface area contributed by atoms with Gasteiger partial charge in [0.2, 0.25) is 0 Å². The number of nitrogens with zero attached hydrogens (tertiary/aromatic N) is 1. The van der Waals surface area contributed by atoms with Gasteiger partial charge in [0.1, 0.15) is 0 Å². The topological polar surface area (TPSA) is 4.93 Å². The molecule has 1 nitrogen and oxygen atoms in total. The summed E-state index contributed by atoms with van der Waals surface area (Å²) in [5.41, 5.74) is 10.7. The number of aromatic nitrogens is 1. The minimum absolute atomic E-state index is 1.04. The van der Waals surface area contributed by atoms with Crippen LogP contribution in [0.1, 0.15) is 16.7 Å². The van der Waals surface area contributed by atoms with Crippen LogP contribution in [0.3, 0.4) is 0 Å². The third-order valence-electron chi connectivity index (χ3n) is 5.87. The maximum Gasteiger partial charge on any atom is 0.0541 e. The van der Waals surface area contributed by atoms with Crippen molar-refractivity contribution >= 4 is 21.8 Å². The summed E-state index contributed by atoms with van der Waals surface area (Å²) >= 11 is 0.